The number of ether oxygens (including phenoxy) is 1. The van der Waals surface area contributed by atoms with E-state index in [1.165, 1.54) is 0 Å². The molecule has 0 unspecified atom stereocenters. The standard InChI is InChI=1S/C9H15NO5/c1-9(2,3)15-7(12)4-6(5-11)10-8(13)14/h5-6,10H,4H2,1-3H3,(H,13,14)/t6-/m0/s1. The van der Waals surface area contributed by atoms with Crippen LogP contribution in [0.4, 0.5) is 4.79 Å². The average molecular weight is 217 g/mol. The summed E-state index contributed by atoms with van der Waals surface area (Å²) in [6.07, 6.45) is -1.29. The Morgan fingerprint density at radius 3 is 2.33 bits per heavy atom. The van der Waals surface area contributed by atoms with Crippen LogP contribution < -0.4 is 5.32 Å². The molecule has 86 valence electrons. The molecule has 0 aliphatic carbocycles. The zero-order valence-electron chi connectivity index (χ0n) is 8.94. The maximum Gasteiger partial charge on any atom is 0.405 e. The fourth-order valence-corrected chi connectivity index (χ4v) is 0.854. The number of carbonyl (C=O) groups excluding carboxylic acids is 2. The van der Waals surface area contributed by atoms with Crippen molar-refractivity contribution in [3.8, 4) is 0 Å². The predicted molar refractivity (Wildman–Crippen MR) is 51.5 cm³/mol. The van der Waals surface area contributed by atoms with Gasteiger partial charge in [0.15, 0.2) is 0 Å². The lowest BCUT2D eigenvalue weighted by atomic mass is 10.2. The van der Waals surface area contributed by atoms with Crippen LogP contribution in [0.1, 0.15) is 27.2 Å². The van der Waals surface area contributed by atoms with Gasteiger partial charge in [-0.25, -0.2) is 4.79 Å². The van der Waals surface area contributed by atoms with Crippen molar-refractivity contribution in [2.24, 2.45) is 0 Å². The third kappa shape index (κ3) is 7.48. The Morgan fingerprint density at radius 1 is 1.47 bits per heavy atom. The molecule has 0 aromatic rings. The summed E-state index contributed by atoms with van der Waals surface area (Å²) in [6.45, 7) is 5.06. The van der Waals surface area contributed by atoms with E-state index in [-0.39, 0.29) is 6.42 Å². The summed E-state index contributed by atoms with van der Waals surface area (Å²) in [7, 11) is 0. The van der Waals surface area contributed by atoms with Crippen molar-refractivity contribution in [3.63, 3.8) is 0 Å². The van der Waals surface area contributed by atoms with Crippen molar-refractivity contribution in [1.82, 2.24) is 5.32 Å². The highest BCUT2D eigenvalue weighted by Crippen LogP contribution is 2.08. The first kappa shape index (κ1) is 13.4. The van der Waals surface area contributed by atoms with Gasteiger partial charge in [0.2, 0.25) is 0 Å². The van der Waals surface area contributed by atoms with Gasteiger partial charge in [0.05, 0.1) is 12.5 Å². The maximum absolute atomic E-state index is 11.2. The molecule has 2 N–H and O–H groups in total. The van der Waals surface area contributed by atoms with Gasteiger partial charge >= 0.3 is 12.1 Å². The van der Waals surface area contributed by atoms with Gasteiger partial charge in [0.25, 0.3) is 0 Å². The lowest BCUT2D eigenvalue weighted by molar-refractivity contribution is -0.155. The Balaban J connectivity index is 4.13. The monoisotopic (exact) mass is 217 g/mol. The van der Waals surface area contributed by atoms with Gasteiger partial charge in [-0.3, -0.25) is 4.79 Å². The minimum atomic E-state index is -1.35. The van der Waals surface area contributed by atoms with E-state index in [4.69, 9.17) is 9.84 Å². The van der Waals surface area contributed by atoms with Crippen molar-refractivity contribution >= 4 is 18.3 Å². The van der Waals surface area contributed by atoms with Gasteiger partial charge in [0, 0.05) is 0 Å². The van der Waals surface area contributed by atoms with Crippen LogP contribution in [-0.4, -0.2) is 35.1 Å². The van der Waals surface area contributed by atoms with E-state index in [2.05, 4.69) is 0 Å². The summed E-state index contributed by atoms with van der Waals surface area (Å²) < 4.78 is 4.92. The van der Waals surface area contributed by atoms with Gasteiger partial charge in [-0.15, -0.1) is 0 Å². The van der Waals surface area contributed by atoms with Crippen LogP contribution in [0, 0.1) is 0 Å². The normalized spacial score (nSPS) is 12.7. The molecular weight excluding hydrogens is 202 g/mol. The summed E-state index contributed by atoms with van der Waals surface area (Å²) in [4.78, 5) is 31.8. The highest BCUT2D eigenvalue weighted by molar-refractivity contribution is 5.79. The van der Waals surface area contributed by atoms with Crippen molar-refractivity contribution < 1.29 is 24.2 Å². The molecule has 0 saturated heterocycles. The molecule has 0 aliphatic heterocycles. The van der Waals surface area contributed by atoms with Crippen LogP contribution in [-0.2, 0) is 14.3 Å². The van der Waals surface area contributed by atoms with Crippen molar-refractivity contribution in [3.05, 3.63) is 0 Å². The number of rotatable bonds is 4. The van der Waals surface area contributed by atoms with Crippen LogP contribution >= 0.6 is 0 Å². The Morgan fingerprint density at radius 2 is 2.00 bits per heavy atom. The molecule has 0 rings (SSSR count). The van der Waals surface area contributed by atoms with E-state index in [0.717, 1.165) is 0 Å². The van der Waals surface area contributed by atoms with Gasteiger partial charge < -0.3 is 20.0 Å². The highest BCUT2D eigenvalue weighted by Gasteiger charge is 2.20. The fourth-order valence-electron chi connectivity index (χ4n) is 0.854. The van der Waals surface area contributed by atoms with Crippen molar-refractivity contribution in [2.45, 2.75) is 38.8 Å². The third-order valence-corrected chi connectivity index (χ3v) is 1.28. The number of hydrogen-bond donors (Lipinski definition) is 2. The molecule has 6 nitrogen and oxygen atoms in total. The largest absolute Gasteiger partial charge is 0.465 e. The van der Waals surface area contributed by atoms with Gasteiger partial charge in [0.1, 0.15) is 11.9 Å². The lowest BCUT2D eigenvalue weighted by Gasteiger charge is -2.20. The van der Waals surface area contributed by atoms with Crippen LogP contribution in [0.25, 0.3) is 0 Å². The number of aldehydes is 1. The molecule has 0 saturated carbocycles. The van der Waals surface area contributed by atoms with E-state index >= 15 is 0 Å². The van der Waals surface area contributed by atoms with Gasteiger partial charge in [-0.2, -0.15) is 0 Å². The second-order valence-electron chi connectivity index (χ2n) is 3.98. The summed E-state index contributed by atoms with van der Waals surface area (Å²) in [5.41, 5.74) is -0.645. The molecule has 0 aromatic carbocycles. The average Bonchev–Trinajstić information content (AvgIpc) is 1.98. The van der Waals surface area contributed by atoms with E-state index in [1.54, 1.807) is 20.8 Å². The number of carboxylic acid groups (broad SMARTS) is 1. The molecule has 15 heavy (non-hydrogen) atoms. The Hall–Kier alpha value is -1.59. The SMILES string of the molecule is CC(C)(C)OC(=O)C[C@@H](C=O)NC(=O)O. The molecule has 1 atom stereocenters. The molecule has 0 heterocycles. The number of nitrogens with one attached hydrogen (secondary N) is 1. The minimum Gasteiger partial charge on any atom is -0.465 e. The molecule has 0 aliphatic rings. The van der Waals surface area contributed by atoms with Crippen molar-refractivity contribution in [2.75, 3.05) is 0 Å². The van der Waals surface area contributed by atoms with E-state index < -0.39 is 23.7 Å². The summed E-state index contributed by atoms with van der Waals surface area (Å²) >= 11 is 0. The number of carbonyl (C=O) groups is 3. The first-order valence-electron chi connectivity index (χ1n) is 4.41. The third-order valence-electron chi connectivity index (χ3n) is 1.28. The topological polar surface area (TPSA) is 92.7 Å². The molecule has 0 aromatic heterocycles. The molecule has 0 radical (unpaired) electrons. The van der Waals surface area contributed by atoms with Crippen LogP contribution in [0.15, 0.2) is 0 Å². The Bertz CT molecular complexity index is 256. The Kier molecular flexibility index (Phi) is 4.77. The first-order valence-corrected chi connectivity index (χ1v) is 4.41. The second-order valence-corrected chi connectivity index (χ2v) is 3.98. The van der Waals surface area contributed by atoms with E-state index in [9.17, 15) is 14.4 Å². The first-order chi connectivity index (χ1) is 6.74. The van der Waals surface area contributed by atoms with Gasteiger partial charge in [-0.05, 0) is 20.8 Å². The second kappa shape index (κ2) is 5.33. The van der Waals surface area contributed by atoms with Crippen LogP contribution in [0.5, 0.6) is 0 Å². The van der Waals surface area contributed by atoms with Crippen molar-refractivity contribution in [1.29, 1.82) is 0 Å². The minimum absolute atomic E-state index is 0.299. The van der Waals surface area contributed by atoms with E-state index in [0.29, 0.717) is 6.29 Å². The Labute approximate surface area is 87.6 Å². The summed E-state index contributed by atoms with van der Waals surface area (Å²) in [5.74, 6) is -0.617. The van der Waals surface area contributed by atoms with Gasteiger partial charge in [-0.1, -0.05) is 0 Å². The molecule has 1 amide bonds. The van der Waals surface area contributed by atoms with Crippen LogP contribution in [0.2, 0.25) is 0 Å². The molecular formula is C9H15NO5. The number of amides is 1. The summed E-state index contributed by atoms with van der Waals surface area (Å²) in [5, 5.41) is 10.2. The fraction of sp³-hybridized carbons (Fsp3) is 0.667. The predicted octanol–water partition coefficient (Wildman–Crippen LogP) is 0.553. The summed E-state index contributed by atoms with van der Waals surface area (Å²) in [6, 6.07) is -1.06. The number of hydrogen-bond acceptors (Lipinski definition) is 4. The molecule has 0 fully saturated rings. The maximum atomic E-state index is 11.2. The number of esters is 1. The van der Waals surface area contributed by atoms with Crippen LogP contribution in [0.3, 0.4) is 0 Å². The quantitative estimate of drug-likeness (QED) is 0.530. The van der Waals surface area contributed by atoms with E-state index in [1.807, 2.05) is 5.32 Å². The molecule has 0 spiro atoms. The molecule has 0 bridgehead atoms. The lowest BCUT2D eigenvalue weighted by Crippen LogP contribution is -2.38. The molecule has 6 heteroatoms. The zero-order chi connectivity index (χ0) is 12.1. The highest BCUT2D eigenvalue weighted by atomic mass is 16.6. The zero-order valence-corrected chi connectivity index (χ0v) is 8.94. The smallest absolute Gasteiger partial charge is 0.405 e.